The van der Waals surface area contributed by atoms with Crippen molar-refractivity contribution in [2.45, 2.75) is 0 Å². The number of aromatic carboxylic acids is 1. The third-order valence-electron chi connectivity index (χ3n) is 3.22. The highest BCUT2D eigenvalue weighted by molar-refractivity contribution is 5.96. The van der Waals surface area contributed by atoms with E-state index in [9.17, 15) is 14.4 Å². The highest BCUT2D eigenvalue weighted by atomic mass is 16.5. The van der Waals surface area contributed by atoms with Crippen molar-refractivity contribution in [1.29, 1.82) is 0 Å². The molecule has 132 valence electrons. The number of benzene rings is 2. The van der Waals surface area contributed by atoms with Crippen LogP contribution in [-0.2, 0) is 4.79 Å². The van der Waals surface area contributed by atoms with Crippen LogP contribution < -0.4 is 10.9 Å². The second-order valence-electron chi connectivity index (χ2n) is 5.06. The Kier molecular flexibility index (Phi) is 6.35. The van der Waals surface area contributed by atoms with Gasteiger partial charge in [0.25, 0.3) is 11.8 Å². The molecule has 0 saturated heterocycles. The van der Waals surface area contributed by atoms with Gasteiger partial charge in [-0.1, -0.05) is 24.3 Å². The number of carboxylic acids is 1. The molecule has 0 unspecified atom stereocenters. The molecule has 0 saturated carbocycles. The van der Waals surface area contributed by atoms with E-state index in [4.69, 9.17) is 10.3 Å². The van der Waals surface area contributed by atoms with Gasteiger partial charge in [0.15, 0.2) is 0 Å². The van der Waals surface area contributed by atoms with Crippen molar-refractivity contribution < 1.29 is 24.7 Å². The Morgan fingerprint density at radius 3 is 2.35 bits per heavy atom. The fourth-order valence-electron chi connectivity index (χ4n) is 1.93. The fraction of sp³-hybridized carbons (Fsp3) is 0. The number of hydrogen-bond donors (Lipinski definition) is 4. The first-order valence-electron chi connectivity index (χ1n) is 7.38. The van der Waals surface area contributed by atoms with E-state index < -0.39 is 17.8 Å². The van der Waals surface area contributed by atoms with Gasteiger partial charge in [0.05, 0.1) is 11.8 Å². The molecule has 0 aliphatic heterocycles. The average Bonchev–Trinajstić information content (AvgIpc) is 2.66. The summed E-state index contributed by atoms with van der Waals surface area (Å²) in [6.07, 6.45) is 3.95. The molecule has 0 aromatic heterocycles. The molecule has 4 N–H and O–H groups in total. The first kappa shape index (κ1) is 18.6. The third kappa shape index (κ3) is 5.39. The topological polar surface area (TPSA) is 128 Å². The monoisotopic (exact) mass is 353 g/mol. The summed E-state index contributed by atoms with van der Waals surface area (Å²) in [5.74, 6) is -2.16. The molecule has 0 atom stereocenters. The molecule has 0 radical (unpaired) electrons. The van der Waals surface area contributed by atoms with Crippen LogP contribution in [0.5, 0.6) is 0 Å². The molecule has 0 aliphatic rings. The lowest BCUT2D eigenvalue weighted by atomic mass is 10.1. The summed E-state index contributed by atoms with van der Waals surface area (Å²) >= 11 is 0. The largest absolute Gasteiger partial charge is 0.478 e. The number of nitrogens with one attached hydrogen (secondary N) is 2. The van der Waals surface area contributed by atoms with Gasteiger partial charge in [-0.25, -0.2) is 15.7 Å². The molecule has 2 aromatic rings. The summed E-state index contributed by atoms with van der Waals surface area (Å²) in [4.78, 5) is 33.8. The summed E-state index contributed by atoms with van der Waals surface area (Å²) in [7, 11) is 0. The summed E-state index contributed by atoms with van der Waals surface area (Å²) < 4.78 is 0. The Balaban J connectivity index is 2.00. The van der Waals surface area contributed by atoms with Crippen molar-refractivity contribution in [1.82, 2.24) is 10.9 Å². The Hall–Kier alpha value is -3.78. The molecule has 0 spiro atoms. The molecule has 2 rings (SSSR count). The maximum atomic E-state index is 12.1. The minimum Gasteiger partial charge on any atom is -0.478 e. The van der Waals surface area contributed by atoms with Crippen molar-refractivity contribution >= 4 is 30.1 Å². The van der Waals surface area contributed by atoms with Crippen LogP contribution in [-0.4, -0.2) is 34.3 Å². The van der Waals surface area contributed by atoms with Gasteiger partial charge in [-0.2, -0.15) is 5.10 Å². The van der Waals surface area contributed by atoms with E-state index in [1.165, 1.54) is 29.9 Å². The third-order valence-corrected chi connectivity index (χ3v) is 3.22. The van der Waals surface area contributed by atoms with Gasteiger partial charge in [-0.15, -0.1) is 0 Å². The summed E-state index contributed by atoms with van der Waals surface area (Å²) in [6, 6.07) is 12.5. The molecule has 0 fully saturated rings. The van der Waals surface area contributed by atoms with E-state index in [2.05, 4.69) is 10.5 Å². The molecule has 2 amide bonds. The molecule has 2 aromatic carbocycles. The summed E-state index contributed by atoms with van der Waals surface area (Å²) in [5, 5.41) is 21.1. The number of carbonyl (C=O) groups is 3. The van der Waals surface area contributed by atoms with Crippen LogP contribution in [0, 0.1) is 0 Å². The molecule has 0 heterocycles. The number of hydrogen-bond acceptors (Lipinski definition) is 5. The molecule has 8 heteroatoms. The Labute approximate surface area is 148 Å². The Bertz CT molecular complexity index is 873. The number of amides is 2. The standard InChI is InChI=1S/C18H15N3O5/c22-16(21-26)9-6-12-2-1-3-15(10-12)17(23)20-19-11-13-4-7-14(8-5-13)18(24)25/h1-11,26H,(H,20,23)(H,21,22)(H,24,25). The van der Waals surface area contributed by atoms with Gasteiger partial charge in [-0.05, 0) is 41.5 Å². The van der Waals surface area contributed by atoms with E-state index in [1.54, 1.807) is 36.4 Å². The van der Waals surface area contributed by atoms with Crippen LogP contribution in [0.25, 0.3) is 6.08 Å². The van der Waals surface area contributed by atoms with Gasteiger partial charge < -0.3 is 5.11 Å². The van der Waals surface area contributed by atoms with Gasteiger partial charge in [0, 0.05) is 11.6 Å². The van der Waals surface area contributed by atoms with Crippen LogP contribution in [0.15, 0.2) is 59.7 Å². The van der Waals surface area contributed by atoms with Crippen molar-refractivity contribution in [2.24, 2.45) is 5.10 Å². The van der Waals surface area contributed by atoms with Gasteiger partial charge >= 0.3 is 5.97 Å². The first-order chi connectivity index (χ1) is 12.5. The second kappa shape index (κ2) is 8.90. The minimum atomic E-state index is -1.02. The van der Waals surface area contributed by atoms with E-state index >= 15 is 0 Å². The van der Waals surface area contributed by atoms with Crippen molar-refractivity contribution in [3.63, 3.8) is 0 Å². The van der Waals surface area contributed by atoms with E-state index in [1.807, 2.05) is 0 Å². The van der Waals surface area contributed by atoms with Crippen LogP contribution >= 0.6 is 0 Å². The Morgan fingerprint density at radius 2 is 1.69 bits per heavy atom. The van der Waals surface area contributed by atoms with Gasteiger partial charge in [0.2, 0.25) is 0 Å². The smallest absolute Gasteiger partial charge is 0.335 e. The predicted octanol–water partition coefficient (Wildman–Crippen LogP) is 1.67. The lowest BCUT2D eigenvalue weighted by Gasteiger charge is -2.01. The van der Waals surface area contributed by atoms with Crippen molar-refractivity contribution in [3.05, 3.63) is 76.9 Å². The maximum Gasteiger partial charge on any atom is 0.335 e. The normalized spacial score (nSPS) is 10.8. The van der Waals surface area contributed by atoms with Crippen LogP contribution in [0.2, 0.25) is 0 Å². The number of hydroxylamine groups is 1. The van der Waals surface area contributed by atoms with Crippen molar-refractivity contribution in [3.8, 4) is 0 Å². The van der Waals surface area contributed by atoms with E-state index in [-0.39, 0.29) is 5.56 Å². The van der Waals surface area contributed by atoms with Gasteiger partial charge in [-0.3, -0.25) is 14.8 Å². The minimum absolute atomic E-state index is 0.158. The molecule has 8 nitrogen and oxygen atoms in total. The highest BCUT2D eigenvalue weighted by Gasteiger charge is 2.04. The fourth-order valence-corrected chi connectivity index (χ4v) is 1.93. The Morgan fingerprint density at radius 1 is 0.962 bits per heavy atom. The number of carboxylic acid groups (broad SMARTS) is 1. The quantitative estimate of drug-likeness (QED) is 0.272. The number of hydrazone groups is 1. The zero-order valence-electron chi connectivity index (χ0n) is 13.4. The second-order valence-corrected chi connectivity index (χ2v) is 5.06. The van der Waals surface area contributed by atoms with E-state index in [0.29, 0.717) is 16.7 Å². The zero-order valence-corrected chi connectivity index (χ0v) is 13.4. The molecule has 0 bridgehead atoms. The molecular weight excluding hydrogens is 338 g/mol. The van der Waals surface area contributed by atoms with Crippen LogP contribution in [0.4, 0.5) is 0 Å². The van der Waals surface area contributed by atoms with Gasteiger partial charge in [0.1, 0.15) is 0 Å². The molecule has 0 aliphatic carbocycles. The van der Waals surface area contributed by atoms with Crippen LogP contribution in [0.3, 0.4) is 0 Å². The first-order valence-corrected chi connectivity index (χ1v) is 7.38. The molecular formula is C18H15N3O5. The summed E-state index contributed by atoms with van der Waals surface area (Å²) in [5.41, 5.74) is 5.53. The number of carbonyl (C=O) groups excluding carboxylic acids is 2. The average molecular weight is 353 g/mol. The predicted molar refractivity (Wildman–Crippen MR) is 93.9 cm³/mol. The van der Waals surface area contributed by atoms with E-state index in [0.717, 1.165) is 6.08 Å². The van der Waals surface area contributed by atoms with Crippen LogP contribution in [0.1, 0.15) is 31.8 Å². The lowest BCUT2D eigenvalue weighted by Crippen LogP contribution is -2.17. The highest BCUT2D eigenvalue weighted by Crippen LogP contribution is 2.07. The number of rotatable bonds is 6. The maximum absolute atomic E-state index is 12.1. The number of nitrogens with zero attached hydrogens (tertiary/aromatic N) is 1. The SMILES string of the molecule is O=C(C=Cc1cccc(C(=O)NN=Cc2ccc(C(=O)O)cc2)c1)NO. The zero-order chi connectivity index (χ0) is 18.9. The lowest BCUT2D eigenvalue weighted by molar-refractivity contribution is -0.124. The van der Waals surface area contributed by atoms with Crippen molar-refractivity contribution in [2.75, 3.05) is 0 Å². The summed E-state index contributed by atoms with van der Waals surface area (Å²) in [6.45, 7) is 0. The molecule has 26 heavy (non-hydrogen) atoms.